The van der Waals surface area contributed by atoms with E-state index in [-0.39, 0.29) is 19.6 Å². The normalized spacial score (nSPS) is 27.5. The lowest BCUT2D eigenvalue weighted by molar-refractivity contribution is -0.201. The van der Waals surface area contributed by atoms with Gasteiger partial charge in [0, 0.05) is 6.54 Å². The number of hydrogen-bond donors (Lipinski definition) is 1. The first-order valence-corrected chi connectivity index (χ1v) is 4.91. The fourth-order valence-electron chi connectivity index (χ4n) is 1.73. The summed E-state index contributed by atoms with van der Waals surface area (Å²) in [4.78, 5) is 11.3. The van der Waals surface area contributed by atoms with E-state index in [4.69, 9.17) is 0 Å². The molecule has 0 saturated carbocycles. The highest BCUT2D eigenvalue weighted by atomic mass is 19.4. The maximum atomic E-state index is 12.5. The number of piperidine rings is 1. The van der Waals surface area contributed by atoms with Crippen LogP contribution in [0.1, 0.15) is 13.3 Å². The average molecular weight is 225 g/mol. The summed E-state index contributed by atoms with van der Waals surface area (Å²) in [5.74, 6) is -3.40. The first-order chi connectivity index (χ1) is 6.96. The Morgan fingerprint density at radius 1 is 1.53 bits per heavy atom. The van der Waals surface area contributed by atoms with E-state index in [9.17, 15) is 18.0 Å². The zero-order valence-electron chi connectivity index (χ0n) is 8.43. The Labute approximate surface area is 86.0 Å². The molecule has 1 fully saturated rings. The Balaban J connectivity index is 2.70. The molecular weight excluding hydrogens is 211 g/mol. The van der Waals surface area contributed by atoms with Gasteiger partial charge in [0.25, 0.3) is 0 Å². The number of hydrogen-bond acceptors (Lipinski definition) is 3. The fraction of sp³-hybridized carbons (Fsp3) is 0.889. The zero-order chi connectivity index (χ0) is 11.5. The molecule has 1 aliphatic heterocycles. The van der Waals surface area contributed by atoms with E-state index < -0.39 is 24.0 Å². The molecule has 0 aromatic heterocycles. The van der Waals surface area contributed by atoms with Gasteiger partial charge in [-0.05, 0) is 19.9 Å². The predicted octanol–water partition coefficient (Wildman–Crippen LogP) is 1.34. The Morgan fingerprint density at radius 2 is 2.20 bits per heavy atom. The van der Waals surface area contributed by atoms with Crippen LogP contribution >= 0.6 is 0 Å². The van der Waals surface area contributed by atoms with E-state index in [2.05, 4.69) is 10.1 Å². The monoisotopic (exact) mass is 225 g/mol. The maximum absolute atomic E-state index is 12.5. The van der Waals surface area contributed by atoms with Crippen LogP contribution in [-0.2, 0) is 9.53 Å². The predicted molar refractivity (Wildman–Crippen MR) is 47.2 cm³/mol. The molecule has 0 bridgehead atoms. The molecule has 15 heavy (non-hydrogen) atoms. The van der Waals surface area contributed by atoms with Crippen molar-refractivity contribution in [2.45, 2.75) is 19.5 Å². The molecule has 6 heteroatoms. The molecule has 0 aromatic carbocycles. The SMILES string of the molecule is CCOC(=O)[C@H]1CCNC[C@@H]1C(F)(F)F. The Bertz CT molecular complexity index is 230. The van der Waals surface area contributed by atoms with Crippen molar-refractivity contribution in [2.75, 3.05) is 19.7 Å². The second kappa shape index (κ2) is 4.83. The number of halogens is 3. The second-order valence-corrected chi connectivity index (χ2v) is 3.50. The molecule has 88 valence electrons. The molecular formula is C9H14F3NO2. The standard InChI is InChI=1S/C9H14F3NO2/c1-2-15-8(14)6-3-4-13-5-7(6)9(10,11)12/h6-7,13H,2-5H2,1H3/t6-,7-/m0/s1. The molecule has 0 aromatic rings. The Kier molecular flexibility index (Phi) is 3.96. The van der Waals surface area contributed by atoms with Crippen LogP contribution in [0.3, 0.4) is 0 Å². The van der Waals surface area contributed by atoms with Gasteiger partial charge >= 0.3 is 12.1 Å². The van der Waals surface area contributed by atoms with Gasteiger partial charge in [-0.15, -0.1) is 0 Å². The number of rotatable bonds is 2. The molecule has 1 saturated heterocycles. The number of esters is 1. The fourth-order valence-corrected chi connectivity index (χ4v) is 1.73. The van der Waals surface area contributed by atoms with Gasteiger partial charge in [0.15, 0.2) is 0 Å². The lowest BCUT2D eigenvalue weighted by Crippen LogP contribution is -2.47. The highest BCUT2D eigenvalue weighted by Gasteiger charge is 2.48. The van der Waals surface area contributed by atoms with Crippen LogP contribution in [0.2, 0.25) is 0 Å². The van der Waals surface area contributed by atoms with Crippen molar-refractivity contribution in [1.82, 2.24) is 5.32 Å². The van der Waals surface area contributed by atoms with Gasteiger partial charge in [-0.25, -0.2) is 0 Å². The summed E-state index contributed by atoms with van der Waals surface area (Å²) in [6.45, 7) is 1.93. The largest absolute Gasteiger partial charge is 0.466 e. The molecule has 2 atom stereocenters. The summed E-state index contributed by atoms with van der Waals surface area (Å²) in [5.41, 5.74) is 0. The molecule has 0 amide bonds. The molecule has 1 heterocycles. The smallest absolute Gasteiger partial charge is 0.393 e. The van der Waals surface area contributed by atoms with Crippen LogP contribution in [0.15, 0.2) is 0 Å². The van der Waals surface area contributed by atoms with Crippen LogP contribution in [0.5, 0.6) is 0 Å². The van der Waals surface area contributed by atoms with Crippen molar-refractivity contribution >= 4 is 5.97 Å². The van der Waals surface area contributed by atoms with E-state index in [1.807, 2.05) is 0 Å². The van der Waals surface area contributed by atoms with Gasteiger partial charge in [0.2, 0.25) is 0 Å². The van der Waals surface area contributed by atoms with Crippen molar-refractivity contribution in [3.05, 3.63) is 0 Å². The van der Waals surface area contributed by atoms with E-state index in [1.54, 1.807) is 6.92 Å². The Hall–Kier alpha value is -0.780. The number of nitrogens with one attached hydrogen (secondary N) is 1. The second-order valence-electron chi connectivity index (χ2n) is 3.50. The number of ether oxygens (including phenoxy) is 1. The maximum Gasteiger partial charge on any atom is 0.393 e. The van der Waals surface area contributed by atoms with E-state index in [0.717, 1.165) is 0 Å². The minimum absolute atomic E-state index is 0.118. The Morgan fingerprint density at radius 3 is 2.73 bits per heavy atom. The van der Waals surface area contributed by atoms with Crippen molar-refractivity contribution in [2.24, 2.45) is 11.8 Å². The summed E-state index contributed by atoms with van der Waals surface area (Å²) in [5, 5.41) is 2.64. The third-order valence-electron chi connectivity index (χ3n) is 2.49. The lowest BCUT2D eigenvalue weighted by Gasteiger charge is -2.31. The molecule has 1 N–H and O–H groups in total. The zero-order valence-corrected chi connectivity index (χ0v) is 8.43. The van der Waals surface area contributed by atoms with Crippen LogP contribution in [0, 0.1) is 11.8 Å². The third-order valence-corrected chi connectivity index (χ3v) is 2.49. The van der Waals surface area contributed by atoms with Crippen molar-refractivity contribution in [3.63, 3.8) is 0 Å². The summed E-state index contributed by atoms with van der Waals surface area (Å²) in [6, 6.07) is 0. The van der Waals surface area contributed by atoms with Gasteiger partial charge in [-0.2, -0.15) is 13.2 Å². The van der Waals surface area contributed by atoms with E-state index >= 15 is 0 Å². The minimum atomic E-state index is -4.34. The first kappa shape index (κ1) is 12.3. The first-order valence-electron chi connectivity index (χ1n) is 4.91. The summed E-state index contributed by atoms with van der Waals surface area (Å²) >= 11 is 0. The number of carbonyl (C=O) groups is 1. The van der Waals surface area contributed by atoms with E-state index in [0.29, 0.717) is 6.54 Å². The van der Waals surface area contributed by atoms with Gasteiger partial charge in [-0.3, -0.25) is 4.79 Å². The summed E-state index contributed by atoms with van der Waals surface area (Å²) < 4.78 is 42.3. The number of carbonyl (C=O) groups excluding carboxylic acids is 1. The summed E-state index contributed by atoms with van der Waals surface area (Å²) in [6.07, 6.45) is -4.16. The molecule has 1 aliphatic rings. The van der Waals surface area contributed by atoms with Crippen LogP contribution in [0.4, 0.5) is 13.2 Å². The molecule has 0 radical (unpaired) electrons. The van der Waals surface area contributed by atoms with Crippen molar-refractivity contribution in [1.29, 1.82) is 0 Å². The van der Waals surface area contributed by atoms with Crippen LogP contribution in [0.25, 0.3) is 0 Å². The minimum Gasteiger partial charge on any atom is -0.466 e. The van der Waals surface area contributed by atoms with Crippen LogP contribution < -0.4 is 5.32 Å². The van der Waals surface area contributed by atoms with Gasteiger partial charge in [0.1, 0.15) is 0 Å². The molecule has 0 spiro atoms. The molecule has 0 aliphatic carbocycles. The van der Waals surface area contributed by atoms with Gasteiger partial charge in [0.05, 0.1) is 18.4 Å². The quantitative estimate of drug-likeness (QED) is 0.721. The topological polar surface area (TPSA) is 38.3 Å². The van der Waals surface area contributed by atoms with Crippen molar-refractivity contribution in [3.8, 4) is 0 Å². The van der Waals surface area contributed by atoms with Crippen LogP contribution in [-0.4, -0.2) is 31.8 Å². The summed E-state index contributed by atoms with van der Waals surface area (Å²) in [7, 11) is 0. The highest BCUT2D eigenvalue weighted by Crippen LogP contribution is 2.35. The van der Waals surface area contributed by atoms with Gasteiger partial charge < -0.3 is 10.1 Å². The number of alkyl halides is 3. The van der Waals surface area contributed by atoms with Crippen molar-refractivity contribution < 1.29 is 22.7 Å². The third kappa shape index (κ3) is 3.09. The molecule has 1 rings (SSSR count). The molecule has 3 nitrogen and oxygen atoms in total. The molecule has 0 unspecified atom stereocenters. The lowest BCUT2D eigenvalue weighted by atomic mass is 9.86. The highest BCUT2D eigenvalue weighted by molar-refractivity contribution is 5.73. The van der Waals surface area contributed by atoms with Gasteiger partial charge in [-0.1, -0.05) is 0 Å². The average Bonchev–Trinajstić information content (AvgIpc) is 2.17. The van der Waals surface area contributed by atoms with E-state index in [1.165, 1.54) is 0 Å².